The average molecular weight is 240 g/mol. The topological polar surface area (TPSA) is 98.7 Å². The van der Waals surface area contributed by atoms with Gasteiger partial charge < -0.3 is 28.3 Å². The maximum Gasteiger partial charge on any atom is 0.268 e. The third-order valence-corrected chi connectivity index (χ3v) is 2.30. The van der Waals surface area contributed by atoms with Crippen molar-refractivity contribution in [3.8, 4) is 0 Å². The summed E-state index contributed by atoms with van der Waals surface area (Å²) in [6.07, 6.45) is 0. The first-order chi connectivity index (χ1) is 6.62. The van der Waals surface area contributed by atoms with Gasteiger partial charge in [-0.15, -0.1) is 0 Å². The van der Waals surface area contributed by atoms with Gasteiger partial charge in [-0.1, -0.05) is 0 Å². The molecule has 0 heterocycles. The predicted molar refractivity (Wildman–Crippen MR) is 47.4 cm³/mol. The number of quaternary nitrogens is 1. The normalized spacial score (nSPS) is 16.0. The monoisotopic (exact) mass is 240 g/mol. The highest BCUT2D eigenvalue weighted by Crippen LogP contribution is 2.37. The summed E-state index contributed by atoms with van der Waals surface area (Å²) in [5.41, 5.74) is 0. The molecule has 90 valence electrons. The van der Waals surface area contributed by atoms with E-state index in [0.717, 1.165) is 0 Å². The van der Waals surface area contributed by atoms with Crippen molar-refractivity contribution in [1.29, 1.82) is 0 Å². The molecule has 7 nitrogen and oxygen atoms in total. The van der Waals surface area contributed by atoms with Crippen LogP contribution in [0, 0.1) is 0 Å². The van der Waals surface area contributed by atoms with E-state index in [1.54, 1.807) is 0 Å². The van der Waals surface area contributed by atoms with Gasteiger partial charge in [0.2, 0.25) is 0 Å². The van der Waals surface area contributed by atoms with Crippen LogP contribution in [0.25, 0.3) is 0 Å². The third kappa shape index (κ3) is 9.84. The van der Waals surface area contributed by atoms with E-state index in [4.69, 9.17) is 0 Å². The summed E-state index contributed by atoms with van der Waals surface area (Å²) in [6, 6.07) is 0. The highest BCUT2D eigenvalue weighted by molar-refractivity contribution is 7.45. The number of carbonyl (C=O) groups is 1. The molecule has 0 N–H and O–H groups in total. The first-order valence-corrected chi connectivity index (χ1v) is 5.69. The van der Waals surface area contributed by atoms with Crippen LogP contribution in [0.2, 0.25) is 0 Å². The summed E-state index contributed by atoms with van der Waals surface area (Å²) in [6.45, 7) is -0.622. The lowest BCUT2D eigenvalue weighted by atomic mass is 10.5. The fraction of sp³-hybridized carbons (Fsp3) is 0.857. The summed E-state index contributed by atoms with van der Waals surface area (Å²) in [5, 5.41) is 9.92. The quantitative estimate of drug-likeness (QED) is 0.375. The summed E-state index contributed by atoms with van der Waals surface area (Å²) >= 11 is 0. The smallest absolute Gasteiger partial charge is 0.268 e. The lowest BCUT2D eigenvalue weighted by Gasteiger charge is -2.27. The Kier molecular flexibility index (Phi) is 5.41. The molecule has 0 radical (unpaired) electrons. The van der Waals surface area contributed by atoms with E-state index in [-0.39, 0.29) is 6.61 Å². The molecule has 1 unspecified atom stereocenters. The standard InChI is InChI=1S/C7H16NO6P/c1-8(2,3)4-5-13-15(11,12)14-6-7(9)10/h4-6H2,1-3H3,(H-,9,10,11,12)/p-1. The Labute approximate surface area is 88.4 Å². The zero-order valence-corrected chi connectivity index (χ0v) is 9.86. The van der Waals surface area contributed by atoms with Gasteiger partial charge in [-0.25, -0.2) is 0 Å². The van der Waals surface area contributed by atoms with E-state index in [9.17, 15) is 19.4 Å². The average Bonchev–Trinajstić information content (AvgIpc) is 1.98. The molecule has 0 aromatic heterocycles. The van der Waals surface area contributed by atoms with Gasteiger partial charge in [-0.2, -0.15) is 0 Å². The molecule has 1 atom stereocenters. The van der Waals surface area contributed by atoms with Crippen LogP contribution in [0.15, 0.2) is 0 Å². The molecule has 0 amide bonds. The maximum absolute atomic E-state index is 10.9. The van der Waals surface area contributed by atoms with Crippen LogP contribution in [-0.2, 0) is 18.4 Å². The van der Waals surface area contributed by atoms with Gasteiger partial charge in [0, 0.05) is 0 Å². The molecule has 0 aromatic carbocycles. The molecule has 0 rings (SSSR count). The van der Waals surface area contributed by atoms with Gasteiger partial charge in [0.15, 0.2) is 0 Å². The number of carboxylic acids is 1. The minimum Gasteiger partial charge on any atom is -0.756 e. The number of likely N-dealkylation sites (N-methyl/N-ethyl adjacent to an activating group) is 1. The van der Waals surface area contributed by atoms with Gasteiger partial charge in [0.05, 0.1) is 33.7 Å². The molecular formula is C7H15NO6P-. The first-order valence-electron chi connectivity index (χ1n) is 4.23. The summed E-state index contributed by atoms with van der Waals surface area (Å²) in [5.74, 6) is -1.61. The van der Waals surface area contributed by atoms with E-state index in [2.05, 4.69) is 9.05 Å². The molecular weight excluding hydrogens is 225 g/mol. The Morgan fingerprint density at radius 3 is 2.27 bits per heavy atom. The van der Waals surface area contributed by atoms with Crippen LogP contribution < -0.4 is 10.00 Å². The van der Waals surface area contributed by atoms with Crippen molar-refractivity contribution >= 4 is 13.8 Å². The second kappa shape index (κ2) is 5.58. The molecule has 0 aliphatic rings. The minimum atomic E-state index is -4.51. The Bertz CT molecular complexity index is 261. The van der Waals surface area contributed by atoms with Crippen LogP contribution in [0.4, 0.5) is 0 Å². The fourth-order valence-corrected chi connectivity index (χ4v) is 1.24. The fourth-order valence-electron chi connectivity index (χ4n) is 0.596. The number of rotatable bonds is 7. The van der Waals surface area contributed by atoms with Crippen molar-refractivity contribution in [1.82, 2.24) is 0 Å². The Balaban J connectivity index is 3.84. The Morgan fingerprint density at radius 2 is 1.87 bits per heavy atom. The largest absolute Gasteiger partial charge is 0.756 e. The molecule has 0 bridgehead atoms. The van der Waals surface area contributed by atoms with E-state index in [0.29, 0.717) is 11.0 Å². The molecule has 0 aliphatic carbocycles. The van der Waals surface area contributed by atoms with Crippen molar-refractivity contribution in [2.45, 2.75) is 0 Å². The predicted octanol–water partition coefficient (Wildman–Crippen LogP) is -2.06. The molecule has 0 saturated heterocycles. The molecule has 0 aromatic rings. The summed E-state index contributed by atoms with van der Waals surface area (Å²) < 4.78 is 19.9. The van der Waals surface area contributed by atoms with Gasteiger partial charge in [0.25, 0.3) is 7.82 Å². The number of nitrogens with zero attached hydrogens (tertiary/aromatic N) is 1. The van der Waals surface area contributed by atoms with Crippen LogP contribution in [0.5, 0.6) is 0 Å². The third-order valence-electron chi connectivity index (χ3n) is 1.35. The summed E-state index contributed by atoms with van der Waals surface area (Å²) in [7, 11) is 1.07. The molecule has 0 spiro atoms. The van der Waals surface area contributed by atoms with E-state index in [1.165, 1.54) is 0 Å². The zero-order valence-electron chi connectivity index (χ0n) is 8.97. The number of carbonyl (C=O) groups excluding carboxylic acids is 1. The van der Waals surface area contributed by atoms with Crippen LogP contribution in [0.1, 0.15) is 0 Å². The number of phosphoric ester groups is 1. The lowest BCUT2D eigenvalue weighted by molar-refractivity contribution is -0.870. The van der Waals surface area contributed by atoms with Crippen molar-refractivity contribution in [3.05, 3.63) is 0 Å². The van der Waals surface area contributed by atoms with Crippen LogP contribution in [-0.4, -0.2) is 51.4 Å². The van der Waals surface area contributed by atoms with Crippen molar-refractivity contribution < 1.29 is 32.9 Å². The van der Waals surface area contributed by atoms with Gasteiger partial charge >= 0.3 is 0 Å². The second-order valence-electron chi connectivity index (χ2n) is 3.94. The van der Waals surface area contributed by atoms with Gasteiger partial charge in [0.1, 0.15) is 13.2 Å². The van der Waals surface area contributed by atoms with E-state index in [1.807, 2.05) is 21.1 Å². The summed E-state index contributed by atoms with van der Waals surface area (Å²) in [4.78, 5) is 20.8. The number of hydrogen-bond donors (Lipinski definition) is 0. The number of phosphoric acid groups is 1. The number of carboxylic acid groups (broad SMARTS) is 1. The zero-order chi connectivity index (χ0) is 12.1. The van der Waals surface area contributed by atoms with Crippen LogP contribution in [0.3, 0.4) is 0 Å². The van der Waals surface area contributed by atoms with Gasteiger partial charge in [-0.05, 0) is 0 Å². The molecule has 0 aliphatic heterocycles. The highest BCUT2D eigenvalue weighted by atomic mass is 31.2. The highest BCUT2D eigenvalue weighted by Gasteiger charge is 2.12. The second-order valence-corrected chi connectivity index (χ2v) is 5.35. The first kappa shape index (κ1) is 14.5. The Hall–Kier alpha value is -0.460. The van der Waals surface area contributed by atoms with E-state index < -0.39 is 20.4 Å². The molecule has 15 heavy (non-hydrogen) atoms. The van der Waals surface area contributed by atoms with E-state index >= 15 is 0 Å². The number of aliphatic carboxylic acids is 1. The van der Waals surface area contributed by atoms with Crippen LogP contribution >= 0.6 is 7.82 Å². The van der Waals surface area contributed by atoms with Crippen molar-refractivity contribution in [2.75, 3.05) is 40.9 Å². The molecule has 0 saturated carbocycles. The SMILES string of the molecule is C[N+](C)(C)CCOP(=O)([O-])OCC(=O)[O-]. The van der Waals surface area contributed by atoms with Gasteiger partial charge in [-0.3, -0.25) is 4.57 Å². The maximum atomic E-state index is 10.9. The van der Waals surface area contributed by atoms with Crippen molar-refractivity contribution in [2.24, 2.45) is 0 Å². The molecule has 8 heteroatoms. The molecule has 0 fully saturated rings. The lowest BCUT2D eigenvalue weighted by Crippen LogP contribution is -2.37. The Morgan fingerprint density at radius 1 is 1.33 bits per heavy atom. The van der Waals surface area contributed by atoms with Crippen molar-refractivity contribution in [3.63, 3.8) is 0 Å². The number of hydrogen-bond acceptors (Lipinski definition) is 6. The minimum absolute atomic E-state index is 0.0582.